The van der Waals surface area contributed by atoms with Gasteiger partial charge in [-0.1, -0.05) is 11.6 Å². The number of hydrogen-bond acceptors (Lipinski definition) is 4. The zero-order chi connectivity index (χ0) is 8.97. The van der Waals surface area contributed by atoms with Crippen LogP contribution in [-0.2, 0) is 4.79 Å². The number of nitrogens with zero attached hydrogens (tertiary/aromatic N) is 2. The molecule has 0 amide bonds. The van der Waals surface area contributed by atoms with Gasteiger partial charge in [0.05, 0.1) is 0 Å². The smallest absolute Gasteiger partial charge is 0.322 e. The molecule has 1 aromatic heterocycles. The molecule has 0 unspecified atom stereocenters. The zero-order valence-corrected chi connectivity index (χ0v) is 6.75. The van der Waals surface area contributed by atoms with Crippen molar-refractivity contribution in [3.63, 3.8) is 0 Å². The van der Waals surface area contributed by atoms with Gasteiger partial charge in [0.25, 0.3) is 0 Å². The van der Waals surface area contributed by atoms with Crippen LogP contribution in [0, 0.1) is 0 Å². The Hall–Kier alpha value is -1.36. The summed E-state index contributed by atoms with van der Waals surface area (Å²) in [5, 5.41) is 11.0. The van der Waals surface area contributed by atoms with Crippen LogP contribution in [0.4, 0.5) is 5.95 Å². The molecule has 12 heavy (non-hydrogen) atoms. The average Bonchev–Trinajstić information content (AvgIpc) is 2.01. The Bertz CT molecular complexity index is 292. The molecule has 0 spiro atoms. The normalized spacial score (nSPS) is 9.42. The van der Waals surface area contributed by atoms with Crippen LogP contribution < -0.4 is 5.32 Å². The van der Waals surface area contributed by atoms with Crippen molar-refractivity contribution in [3.8, 4) is 0 Å². The fourth-order valence-electron chi connectivity index (χ4n) is 0.577. The molecule has 0 fully saturated rings. The molecule has 1 aromatic rings. The summed E-state index contributed by atoms with van der Waals surface area (Å²) >= 11 is 5.52. The van der Waals surface area contributed by atoms with Crippen molar-refractivity contribution < 1.29 is 9.90 Å². The molecule has 1 rings (SSSR count). The molecule has 0 saturated heterocycles. The molecule has 64 valence electrons. The Morgan fingerprint density at radius 1 is 1.75 bits per heavy atom. The van der Waals surface area contributed by atoms with E-state index >= 15 is 0 Å². The molecule has 0 aliphatic rings. The minimum Gasteiger partial charge on any atom is -0.480 e. The molecule has 6 heteroatoms. The second kappa shape index (κ2) is 3.87. The van der Waals surface area contributed by atoms with Crippen LogP contribution in [0.5, 0.6) is 0 Å². The first-order valence-corrected chi connectivity index (χ1v) is 3.50. The topological polar surface area (TPSA) is 75.1 Å². The Balaban J connectivity index is 2.57. The molecular formula is C6H6ClN3O2. The number of aromatic nitrogens is 2. The number of anilines is 1. The van der Waals surface area contributed by atoms with Crippen LogP contribution in [0.25, 0.3) is 0 Å². The molecule has 0 aliphatic heterocycles. The fourth-order valence-corrected chi connectivity index (χ4v) is 0.713. The summed E-state index contributed by atoms with van der Waals surface area (Å²) in [7, 11) is 0. The minimum atomic E-state index is -0.974. The van der Waals surface area contributed by atoms with Crippen molar-refractivity contribution in [2.45, 2.75) is 0 Å². The van der Waals surface area contributed by atoms with E-state index in [4.69, 9.17) is 16.7 Å². The number of carboxylic acids is 1. The summed E-state index contributed by atoms with van der Waals surface area (Å²) in [6, 6.07) is 1.51. The van der Waals surface area contributed by atoms with Crippen molar-refractivity contribution in [1.82, 2.24) is 9.97 Å². The zero-order valence-electron chi connectivity index (χ0n) is 5.99. The van der Waals surface area contributed by atoms with Gasteiger partial charge in [-0.15, -0.1) is 0 Å². The number of nitrogens with one attached hydrogen (secondary N) is 1. The largest absolute Gasteiger partial charge is 0.480 e. The number of halogens is 1. The lowest BCUT2D eigenvalue weighted by molar-refractivity contribution is -0.134. The van der Waals surface area contributed by atoms with Gasteiger partial charge in [-0.2, -0.15) is 0 Å². The van der Waals surface area contributed by atoms with Crippen molar-refractivity contribution in [3.05, 3.63) is 17.4 Å². The Morgan fingerprint density at radius 2 is 2.50 bits per heavy atom. The van der Waals surface area contributed by atoms with Crippen LogP contribution >= 0.6 is 11.6 Å². The van der Waals surface area contributed by atoms with Gasteiger partial charge in [0.1, 0.15) is 11.7 Å². The SMILES string of the molecule is O=C(O)CNc1nccc(Cl)n1. The van der Waals surface area contributed by atoms with E-state index in [9.17, 15) is 4.79 Å². The van der Waals surface area contributed by atoms with E-state index in [-0.39, 0.29) is 17.6 Å². The molecule has 5 nitrogen and oxygen atoms in total. The molecule has 0 saturated carbocycles. The fraction of sp³-hybridized carbons (Fsp3) is 0.167. The number of carbonyl (C=O) groups is 1. The first-order chi connectivity index (χ1) is 5.68. The van der Waals surface area contributed by atoms with Crippen molar-refractivity contribution in [2.24, 2.45) is 0 Å². The van der Waals surface area contributed by atoms with Crippen LogP contribution in [0.2, 0.25) is 5.15 Å². The van der Waals surface area contributed by atoms with Gasteiger partial charge in [-0.25, -0.2) is 9.97 Å². The average molecular weight is 188 g/mol. The first kappa shape index (κ1) is 8.73. The summed E-state index contributed by atoms with van der Waals surface area (Å²) in [6.07, 6.45) is 1.44. The van der Waals surface area contributed by atoms with E-state index in [1.54, 1.807) is 0 Å². The lowest BCUT2D eigenvalue weighted by Gasteiger charge is -1.99. The minimum absolute atomic E-state index is 0.213. The molecule has 0 atom stereocenters. The maximum Gasteiger partial charge on any atom is 0.322 e. The third-order valence-corrected chi connectivity index (χ3v) is 1.23. The van der Waals surface area contributed by atoms with Crippen LogP contribution in [0.15, 0.2) is 12.3 Å². The van der Waals surface area contributed by atoms with E-state index in [2.05, 4.69) is 15.3 Å². The maximum absolute atomic E-state index is 10.1. The maximum atomic E-state index is 10.1. The van der Waals surface area contributed by atoms with Crippen molar-refractivity contribution in [1.29, 1.82) is 0 Å². The van der Waals surface area contributed by atoms with Gasteiger partial charge in [0, 0.05) is 6.20 Å². The summed E-state index contributed by atoms with van der Waals surface area (Å²) in [6.45, 7) is -0.222. The third-order valence-electron chi connectivity index (χ3n) is 1.02. The van der Waals surface area contributed by atoms with E-state index in [0.717, 1.165) is 0 Å². The van der Waals surface area contributed by atoms with Crippen molar-refractivity contribution >= 4 is 23.5 Å². The molecule has 2 N–H and O–H groups in total. The Morgan fingerprint density at radius 3 is 3.08 bits per heavy atom. The monoisotopic (exact) mass is 187 g/mol. The number of rotatable bonds is 3. The third kappa shape index (κ3) is 2.71. The summed E-state index contributed by atoms with van der Waals surface area (Å²) < 4.78 is 0. The molecule has 1 heterocycles. The highest BCUT2D eigenvalue weighted by atomic mass is 35.5. The van der Waals surface area contributed by atoms with E-state index < -0.39 is 5.97 Å². The number of hydrogen-bond donors (Lipinski definition) is 2. The molecular weight excluding hydrogens is 182 g/mol. The summed E-state index contributed by atoms with van der Waals surface area (Å²) in [5.41, 5.74) is 0. The standard InChI is InChI=1S/C6H6ClN3O2/c7-4-1-2-8-6(10-4)9-3-5(11)12/h1-2H,3H2,(H,11,12)(H,8,9,10). The molecule has 0 aliphatic carbocycles. The van der Waals surface area contributed by atoms with Crippen LogP contribution in [0.1, 0.15) is 0 Å². The predicted molar refractivity (Wildman–Crippen MR) is 43.2 cm³/mol. The van der Waals surface area contributed by atoms with Gasteiger partial charge in [-0.05, 0) is 6.07 Å². The van der Waals surface area contributed by atoms with Crippen LogP contribution in [0.3, 0.4) is 0 Å². The van der Waals surface area contributed by atoms with Gasteiger partial charge < -0.3 is 10.4 Å². The summed E-state index contributed by atoms with van der Waals surface area (Å²) in [5.74, 6) is -0.761. The van der Waals surface area contributed by atoms with Gasteiger partial charge in [-0.3, -0.25) is 4.79 Å². The van der Waals surface area contributed by atoms with Gasteiger partial charge in [0.15, 0.2) is 0 Å². The highest BCUT2D eigenvalue weighted by Gasteiger charge is 1.99. The quantitative estimate of drug-likeness (QED) is 0.679. The van der Waals surface area contributed by atoms with E-state index in [1.165, 1.54) is 12.3 Å². The van der Waals surface area contributed by atoms with E-state index in [1.807, 2.05) is 0 Å². The highest BCUT2D eigenvalue weighted by molar-refractivity contribution is 6.29. The molecule has 0 bridgehead atoms. The number of aliphatic carboxylic acids is 1. The van der Waals surface area contributed by atoms with Crippen LogP contribution in [-0.4, -0.2) is 27.6 Å². The lowest BCUT2D eigenvalue weighted by Crippen LogP contribution is -2.14. The Kier molecular flexibility index (Phi) is 2.82. The highest BCUT2D eigenvalue weighted by Crippen LogP contribution is 2.04. The van der Waals surface area contributed by atoms with Crippen molar-refractivity contribution in [2.75, 3.05) is 11.9 Å². The second-order valence-corrected chi connectivity index (χ2v) is 2.34. The van der Waals surface area contributed by atoms with Gasteiger partial charge >= 0.3 is 5.97 Å². The number of carboxylic acid groups (broad SMARTS) is 1. The molecule has 0 radical (unpaired) electrons. The summed E-state index contributed by atoms with van der Waals surface area (Å²) in [4.78, 5) is 17.6. The Labute approximate surface area is 73.4 Å². The van der Waals surface area contributed by atoms with Gasteiger partial charge in [0.2, 0.25) is 5.95 Å². The second-order valence-electron chi connectivity index (χ2n) is 1.95. The van der Waals surface area contributed by atoms with E-state index in [0.29, 0.717) is 0 Å². The predicted octanol–water partition coefficient (Wildman–Crippen LogP) is 0.626. The lowest BCUT2D eigenvalue weighted by atomic mass is 10.6. The first-order valence-electron chi connectivity index (χ1n) is 3.12. The molecule has 0 aromatic carbocycles.